The largest absolute Gasteiger partial charge is 1.00 e. The van der Waals surface area contributed by atoms with Gasteiger partial charge in [0.2, 0.25) is 5.91 Å². The number of amides is 2. The average Bonchev–Trinajstić information content (AvgIpc) is 2.53. The van der Waals surface area contributed by atoms with Crippen molar-refractivity contribution in [1.29, 1.82) is 0 Å². The molecule has 1 aromatic rings. The molecular formula is C16H21LiN2O4. The maximum Gasteiger partial charge on any atom is 1.00 e. The maximum atomic E-state index is 12.4. The van der Waals surface area contributed by atoms with Crippen molar-refractivity contribution in [2.45, 2.75) is 25.8 Å². The van der Waals surface area contributed by atoms with Crippen LogP contribution in [0, 0.1) is 0 Å². The molecule has 1 aliphatic rings. The molecular weight excluding hydrogens is 291 g/mol. The Labute approximate surface area is 149 Å². The number of hydrogen-bond donors (Lipinski definition) is 1. The molecule has 7 heteroatoms. The Bertz CT molecular complexity index is 586. The molecule has 1 fully saturated rings. The van der Waals surface area contributed by atoms with Gasteiger partial charge in [-0.25, -0.2) is 4.79 Å². The molecule has 0 aromatic heterocycles. The van der Waals surface area contributed by atoms with Crippen LogP contribution in [0.15, 0.2) is 24.3 Å². The third-order valence-corrected chi connectivity index (χ3v) is 4.16. The molecule has 120 valence electrons. The second-order valence-electron chi connectivity index (χ2n) is 5.54. The summed E-state index contributed by atoms with van der Waals surface area (Å²) in [6, 6.07) is 6.03. The first-order valence-corrected chi connectivity index (χ1v) is 7.26. The summed E-state index contributed by atoms with van der Waals surface area (Å²) >= 11 is 0. The minimum absolute atomic E-state index is 0. The standard InChI is InChI=1S/C16H20N2O4.Li.H/c1-11(19)18-9-7-14(8-10-18)17(2)15(20)12-3-5-13(6-4-12)16(21)22;;/h3-6,14H,7-10H2,1-2H3,(H,21,22);;/q;+1;-1. The third-order valence-electron chi connectivity index (χ3n) is 4.16. The van der Waals surface area contributed by atoms with Crippen LogP contribution < -0.4 is 18.9 Å². The van der Waals surface area contributed by atoms with Crippen LogP contribution in [0.5, 0.6) is 0 Å². The van der Waals surface area contributed by atoms with E-state index in [-0.39, 0.29) is 43.7 Å². The van der Waals surface area contributed by atoms with E-state index in [2.05, 4.69) is 0 Å². The summed E-state index contributed by atoms with van der Waals surface area (Å²) in [6.45, 7) is 2.88. The number of piperidine rings is 1. The summed E-state index contributed by atoms with van der Waals surface area (Å²) in [5.41, 5.74) is 0.635. The molecule has 1 saturated heterocycles. The molecule has 0 spiro atoms. The van der Waals surface area contributed by atoms with E-state index >= 15 is 0 Å². The summed E-state index contributed by atoms with van der Waals surface area (Å²) < 4.78 is 0. The molecule has 2 amide bonds. The quantitative estimate of drug-likeness (QED) is 0.695. The van der Waals surface area contributed by atoms with Crippen molar-refractivity contribution in [1.82, 2.24) is 9.80 Å². The van der Waals surface area contributed by atoms with Gasteiger partial charge in [-0.05, 0) is 37.1 Å². The van der Waals surface area contributed by atoms with Gasteiger partial charge in [-0.15, -0.1) is 0 Å². The first-order valence-electron chi connectivity index (χ1n) is 7.26. The Balaban J connectivity index is 0.00000264. The van der Waals surface area contributed by atoms with E-state index in [1.54, 1.807) is 23.8 Å². The number of carboxylic acids is 1. The van der Waals surface area contributed by atoms with Gasteiger partial charge in [0.05, 0.1) is 5.56 Å². The van der Waals surface area contributed by atoms with Crippen molar-refractivity contribution in [2.75, 3.05) is 20.1 Å². The third kappa shape index (κ3) is 4.60. The Morgan fingerprint density at radius 1 is 1.13 bits per heavy atom. The second kappa shape index (κ2) is 8.18. The summed E-state index contributed by atoms with van der Waals surface area (Å²) in [5.74, 6) is -1.07. The fraction of sp³-hybridized carbons (Fsp3) is 0.438. The fourth-order valence-corrected chi connectivity index (χ4v) is 2.69. The molecule has 0 aliphatic carbocycles. The number of aromatic carboxylic acids is 1. The van der Waals surface area contributed by atoms with Crippen molar-refractivity contribution in [2.24, 2.45) is 0 Å². The van der Waals surface area contributed by atoms with Crippen molar-refractivity contribution in [3.05, 3.63) is 35.4 Å². The number of rotatable bonds is 3. The Morgan fingerprint density at radius 2 is 1.61 bits per heavy atom. The zero-order valence-electron chi connectivity index (χ0n) is 14.8. The normalized spacial score (nSPS) is 14.8. The molecule has 0 bridgehead atoms. The van der Waals surface area contributed by atoms with Gasteiger partial charge in [0, 0.05) is 38.7 Å². The number of carbonyl (C=O) groups excluding carboxylic acids is 2. The molecule has 23 heavy (non-hydrogen) atoms. The molecule has 1 heterocycles. The van der Waals surface area contributed by atoms with Crippen LogP contribution >= 0.6 is 0 Å². The molecule has 6 nitrogen and oxygen atoms in total. The van der Waals surface area contributed by atoms with Crippen LogP contribution in [0.3, 0.4) is 0 Å². The number of likely N-dealkylation sites (tertiary alicyclic amines) is 1. The van der Waals surface area contributed by atoms with E-state index in [1.165, 1.54) is 24.3 Å². The molecule has 0 saturated carbocycles. The minimum Gasteiger partial charge on any atom is -1.00 e. The van der Waals surface area contributed by atoms with E-state index in [0.717, 1.165) is 12.8 Å². The topological polar surface area (TPSA) is 77.9 Å². The first-order chi connectivity index (χ1) is 10.4. The van der Waals surface area contributed by atoms with Crippen LogP contribution in [0.4, 0.5) is 0 Å². The van der Waals surface area contributed by atoms with Crippen molar-refractivity contribution in [3.8, 4) is 0 Å². The molecule has 0 atom stereocenters. The van der Waals surface area contributed by atoms with Gasteiger partial charge in [-0.3, -0.25) is 9.59 Å². The van der Waals surface area contributed by atoms with E-state index < -0.39 is 5.97 Å². The molecule has 1 N–H and O–H groups in total. The van der Waals surface area contributed by atoms with Gasteiger partial charge in [-0.1, -0.05) is 0 Å². The predicted octanol–water partition coefficient (Wildman–Crippen LogP) is -1.42. The second-order valence-corrected chi connectivity index (χ2v) is 5.54. The monoisotopic (exact) mass is 312 g/mol. The zero-order valence-corrected chi connectivity index (χ0v) is 13.8. The molecule has 1 aromatic carbocycles. The molecule has 0 unspecified atom stereocenters. The zero-order chi connectivity index (χ0) is 16.3. The molecule has 2 rings (SSSR count). The number of hydrogen-bond acceptors (Lipinski definition) is 3. The average molecular weight is 312 g/mol. The van der Waals surface area contributed by atoms with Crippen LogP contribution in [0.2, 0.25) is 0 Å². The SMILES string of the molecule is CC(=O)N1CCC(N(C)C(=O)c2ccc(C(=O)O)cc2)CC1.[H-].[Li+]. The van der Waals surface area contributed by atoms with Crippen LogP contribution in [-0.4, -0.2) is 58.9 Å². The van der Waals surface area contributed by atoms with E-state index in [1.807, 2.05) is 0 Å². The molecule has 0 radical (unpaired) electrons. The number of nitrogens with zero attached hydrogens (tertiary/aromatic N) is 2. The van der Waals surface area contributed by atoms with Gasteiger partial charge in [0.25, 0.3) is 5.91 Å². The summed E-state index contributed by atoms with van der Waals surface area (Å²) in [5, 5.41) is 8.87. The van der Waals surface area contributed by atoms with Crippen LogP contribution in [0.25, 0.3) is 0 Å². The van der Waals surface area contributed by atoms with Crippen LogP contribution in [-0.2, 0) is 4.79 Å². The Hall–Kier alpha value is -1.77. The number of carbonyl (C=O) groups is 3. The van der Waals surface area contributed by atoms with Crippen molar-refractivity contribution < 1.29 is 39.8 Å². The Kier molecular flexibility index (Phi) is 6.86. The van der Waals surface area contributed by atoms with Crippen molar-refractivity contribution >= 4 is 17.8 Å². The minimum atomic E-state index is -1.01. The summed E-state index contributed by atoms with van der Waals surface area (Å²) in [6.07, 6.45) is 1.52. The fourth-order valence-electron chi connectivity index (χ4n) is 2.69. The van der Waals surface area contributed by atoms with E-state index in [9.17, 15) is 14.4 Å². The Morgan fingerprint density at radius 3 is 2.04 bits per heavy atom. The van der Waals surface area contributed by atoms with Gasteiger partial charge >= 0.3 is 24.8 Å². The maximum absolute atomic E-state index is 12.4. The van der Waals surface area contributed by atoms with Gasteiger partial charge < -0.3 is 16.3 Å². The van der Waals surface area contributed by atoms with E-state index in [4.69, 9.17) is 5.11 Å². The van der Waals surface area contributed by atoms with Gasteiger partial charge in [-0.2, -0.15) is 0 Å². The van der Waals surface area contributed by atoms with E-state index in [0.29, 0.717) is 18.7 Å². The number of carboxylic acid groups (broad SMARTS) is 1. The first kappa shape index (κ1) is 19.3. The molecule has 1 aliphatic heterocycles. The van der Waals surface area contributed by atoms with Gasteiger partial charge in [0.1, 0.15) is 0 Å². The smallest absolute Gasteiger partial charge is 1.00 e. The summed E-state index contributed by atoms with van der Waals surface area (Å²) in [7, 11) is 1.75. The summed E-state index contributed by atoms with van der Waals surface area (Å²) in [4.78, 5) is 38.1. The predicted molar refractivity (Wildman–Crippen MR) is 81.9 cm³/mol. The van der Waals surface area contributed by atoms with Crippen molar-refractivity contribution in [3.63, 3.8) is 0 Å². The van der Waals surface area contributed by atoms with Gasteiger partial charge in [0.15, 0.2) is 0 Å². The number of benzene rings is 1. The van der Waals surface area contributed by atoms with Crippen LogP contribution in [0.1, 0.15) is 41.9 Å².